The maximum Gasteiger partial charge on any atom is 0.323 e. The summed E-state index contributed by atoms with van der Waals surface area (Å²) in [5.74, 6) is -2.45. The molecule has 0 radical (unpaired) electrons. The number of rotatable bonds is 5. The number of aliphatic carboxylic acids is 1. The van der Waals surface area contributed by atoms with Crippen molar-refractivity contribution >= 4 is 11.9 Å². The number of carbonyl (C=O) groups excluding carboxylic acids is 1. The van der Waals surface area contributed by atoms with Gasteiger partial charge in [-0.25, -0.2) is 0 Å². The van der Waals surface area contributed by atoms with Gasteiger partial charge < -0.3 is 14.9 Å². The highest BCUT2D eigenvalue weighted by molar-refractivity contribution is 5.99. The lowest BCUT2D eigenvalue weighted by Crippen LogP contribution is -2.50. The largest absolute Gasteiger partial charge is 0.480 e. The van der Waals surface area contributed by atoms with Gasteiger partial charge in [0.15, 0.2) is 5.41 Å². The second kappa shape index (κ2) is 6.89. The summed E-state index contributed by atoms with van der Waals surface area (Å²) in [7, 11) is 0. The average Bonchev–Trinajstić information content (AvgIpc) is 2.57. The minimum Gasteiger partial charge on any atom is -0.480 e. The Labute approximate surface area is 114 Å². The van der Waals surface area contributed by atoms with Crippen LogP contribution >= 0.6 is 0 Å². The summed E-state index contributed by atoms with van der Waals surface area (Å²) in [5, 5.41) is 19.8. The van der Waals surface area contributed by atoms with Gasteiger partial charge in [-0.2, -0.15) is 0 Å². The number of hydrogen-bond donors (Lipinski definition) is 2. The van der Waals surface area contributed by atoms with Crippen molar-refractivity contribution in [1.82, 2.24) is 0 Å². The van der Waals surface area contributed by atoms with E-state index in [1.807, 2.05) is 0 Å². The van der Waals surface area contributed by atoms with Crippen molar-refractivity contribution in [2.75, 3.05) is 6.61 Å². The molecule has 0 spiro atoms. The highest BCUT2D eigenvalue weighted by Crippen LogP contribution is 2.42. The Morgan fingerprint density at radius 1 is 1.21 bits per heavy atom. The molecule has 0 bridgehead atoms. The summed E-state index contributed by atoms with van der Waals surface area (Å²) in [6, 6.07) is 0. The van der Waals surface area contributed by atoms with Gasteiger partial charge in [-0.1, -0.05) is 26.2 Å². The molecule has 1 aliphatic carbocycles. The number of hydrogen-bond acceptors (Lipinski definition) is 4. The second-order valence-corrected chi connectivity index (χ2v) is 5.16. The molecule has 19 heavy (non-hydrogen) atoms. The summed E-state index contributed by atoms with van der Waals surface area (Å²) in [5.41, 5.74) is -1.61. The number of esters is 1. The quantitative estimate of drug-likeness (QED) is 0.454. The normalized spacial score (nSPS) is 27.1. The van der Waals surface area contributed by atoms with E-state index in [1.165, 1.54) is 0 Å². The van der Waals surface area contributed by atoms with Crippen molar-refractivity contribution in [3.63, 3.8) is 0 Å². The van der Waals surface area contributed by atoms with E-state index in [-0.39, 0.29) is 13.0 Å². The predicted octanol–water partition coefficient (Wildman–Crippen LogP) is 1.97. The van der Waals surface area contributed by atoms with E-state index in [0.29, 0.717) is 12.8 Å². The molecule has 110 valence electrons. The van der Waals surface area contributed by atoms with Gasteiger partial charge in [0.05, 0.1) is 12.7 Å². The molecule has 5 heteroatoms. The van der Waals surface area contributed by atoms with Gasteiger partial charge in [-0.05, 0) is 26.2 Å². The maximum atomic E-state index is 12.2. The van der Waals surface area contributed by atoms with Gasteiger partial charge in [0.2, 0.25) is 0 Å². The lowest BCUT2D eigenvalue weighted by atomic mass is 9.68. The molecule has 0 aromatic carbocycles. The van der Waals surface area contributed by atoms with Crippen LogP contribution in [0.4, 0.5) is 0 Å². The highest BCUT2D eigenvalue weighted by Gasteiger charge is 2.54. The molecule has 0 aromatic rings. The van der Waals surface area contributed by atoms with Gasteiger partial charge >= 0.3 is 11.9 Å². The first kappa shape index (κ1) is 16.0. The lowest BCUT2D eigenvalue weighted by molar-refractivity contribution is -0.178. The molecule has 2 N–H and O–H groups in total. The Morgan fingerprint density at radius 3 is 2.37 bits per heavy atom. The van der Waals surface area contributed by atoms with Crippen molar-refractivity contribution in [3.05, 3.63) is 0 Å². The van der Waals surface area contributed by atoms with Crippen LogP contribution in [-0.2, 0) is 14.3 Å². The third-order valence-corrected chi connectivity index (χ3v) is 4.19. The summed E-state index contributed by atoms with van der Waals surface area (Å²) in [4.78, 5) is 23.9. The van der Waals surface area contributed by atoms with Crippen LogP contribution < -0.4 is 0 Å². The highest BCUT2D eigenvalue weighted by atomic mass is 16.5. The first-order valence-electron chi connectivity index (χ1n) is 7.09. The fourth-order valence-electron chi connectivity index (χ4n) is 3.08. The van der Waals surface area contributed by atoms with Gasteiger partial charge in [0, 0.05) is 5.92 Å². The summed E-state index contributed by atoms with van der Waals surface area (Å²) >= 11 is 0. The number of carbonyl (C=O) groups is 2. The van der Waals surface area contributed by atoms with E-state index in [1.54, 1.807) is 13.8 Å². The molecule has 1 fully saturated rings. The average molecular weight is 272 g/mol. The van der Waals surface area contributed by atoms with Crippen LogP contribution in [-0.4, -0.2) is 34.9 Å². The first-order valence-corrected chi connectivity index (χ1v) is 7.09. The van der Waals surface area contributed by atoms with Crippen LogP contribution in [0.5, 0.6) is 0 Å². The van der Waals surface area contributed by atoms with Crippen LogP contribution in [0.1, 0.15) is 52.4 Å². The minimum atomic E-state index is -1.61. The Morgan fingerprint density at radius 2 is 1.84 bits per heavy atom. The molecule has 1 rings (SSSR count). The van der Waals surface area contributed by atoms with Crippen molar-refractivity contribution in [1.29, 1.82) is 0 Å². The Balaban J connectivity index is 3.13. The Hall–Kier alpha value is -1.10. The zero-order valence-electron chi connectivity index (χ0n) is 11.7. The molecule has 1 saturated carbocycles. The molecular weight excluding hydrogens is 248 g/mol. The topological polar surface area (TPSA) is 83.8 Å². The Kier molecular flexibility index (Phi) is 5.79. The van der Waals surface area contributed by atoms with Crippen molar-refractivity contribution < 1.29 is 24.5 Å². The molecule has 0 heterocycles. The van der Waals surface area contributed by atoms with Gasteiger partial charge in [-0.3, -0.25) is 9.59 Å². The standard InChI is InChI=1S/C14H24O5/c1-3-14(12(16)17,13(18)19-4-2)10-8-6-5-7-9-11(10)15/h10-11,15H,3-9H2,1-2H3,(H,16,17). The van der Waals surface area contributed by atoms with E-state index < -0.39 is 29.4 Å². The number of aliphatic hydroxyl groups excluding tert-OH is 1. The monoisotopic (exact) mass is 272 g/mol. The SMILES string of the molecule is CCOC(=O)C(CC)(C(=O)O)C1CCCCCC1O. The number of carboxylic acid groups (broad SMARTS) is 1. The summed E-state index contributed by atoms with van der Waals surface area (Å²) < 4.78 is 4.97. The molecule has 5 nitrogen and oxygen atoms in total. The third-order valence-electron chi connectivity index (χ3n) is 4.19. The minimum absolute atomic E-state index is 0.142. The maximum absolute atomic E-state index is 12.2. The Bertz CT molecular complexity index is 328. The third kappa shape index (κ3) is 3.08. The van der Waals surface area contributed by atoms with Crippen LogP contribution in [0.2, 0.25) is 0 Å². The zero-order chi connectivity index (χ0) is 14.5. The van der Waals surface area contributed by atoms with Crippen LogP contribution in [0, 0.1) is 11.3 Å². The number of aliphatic hydroxyl groups is 1. The molecule has 0 aromatic heterocycles. The number of ether oxygens (including phenoxy) is 1. The molecule has 1 aliphatic rings. The smallest absolute Gasteiger partial charge is 0.323 e. The van der Waals surface area contributed by atoms with Gasteiger partial charge in [0.25, 0.3) is 0 Å². The van der Waals surface area contributed by atoms with Crippen LogP contribution in [0.25, 0.3) is 0 Å². The first-order chi connectivity index (χ1) is 9.00. The van der Waals surface area contributed by atoms with E-state index in [9.17, 15) is 19.8 Å². The van der Waals surface area contributed by atoms with Crippen molar-refractivity contribution in [3.8, 4) is 0 Å². The fraction of sp³-hybridized carbons (Fsp3) is 0.857. The zero-order valence-corrected chi connectivity index (χ0v) is 11.7. The lowest BCUT2D eigenvalue weighted by Gasteiger charge is -2.36. The van der Waals surface area contributed by atoms with E-state index in [2.05, 4.69) is 0 Å². The van der Waals surface area contributed by atoms with Crippen molar-refractivity contribution in [2.24, 2.45) is 11.3 Å². The molecule has 0 aliphatic heterocycles. The van der Waals surface area contributed by atoms with E-state index in [4.69, 9.17) is 4.74 Å². The molecule has 0 saturated heterocycles. The molecule has 0 amide bonds. The number of carboxylic acids is 1. The summed E-state index contributed by atoms with van der Waals surface area (Å²) in [6.45, 7) is 3.48. The molecular formula is C14H24O5. The van der Waals surface area contributed by atoms with Crippen molar-refractivity contribution in [2.45, 2.75) is 58.5 Å². The van der Waals surface area contributed by atoms with Crippen LogP contribution in [0.3, 0.4) is 0 Å². The second-order valence-electron chi connectivity index (χ2n) is 5.16. The van der Waals surface area contributed by atoms with Gasteiger partial charge in [0.1, 0.15) is 0 Å². The van der Waals surface area contributed by atoms with E-state index >= 15 is 0 Å². The summed E-state index contributed by atoms with van der Waals surface area (Å²) in [6.07, 6.45) is 3.19. The molecule has 3 unspecified atom stereocenters. The predicted molar refractivity (Wildman–Crippen MR) is 69.6 cm³/mol. The molecule has 3 atom stereocenters. The van der Waals surface area contributed by atoms with Crippen LogP contribution in [0.15, 0.2) is 0 Å². The fourth-order valence-corrected chi connectivity index (χ4v) is 3.08. The van der Waals surface area contributed by atoms with E-state index in [0.717, 1.165) is 19.3 Å². The van der Waals surface area contributed by atoms with Gasteiger partial charge in [-0.15, -0.1) is 0 Å².